The van der Waals surface area contributed by atoms with Gasteiger partial charge >= 0.3 is 5.97 Å². The van der Waals surface area contributed by atoms with Crippen molar-refractivity contribution < 1.29 is 14.7 Å². The summed E-state index contributed by atoms with van der Waals surface area (Å²) >= 11 is 0. The van der Waals surface area contributed by atoms with Crippen LogP contribution in [0, 0.1) is 10.8 Å². The lowest BCUT2D eigenvalue weighted by Crippen LogP contribution is -2.50. The van der Waals surface area contributed by atoms with Gasteiger partial charge in [-0.2, -0.15) is 0 Å². The summed E-state index contributed by atoms with van der Waals surface area (Å²) in [7, 11) is 0. The van der Waals surface area contributed by atoms with Crippen LogP contribution in [-0.2, 0) is 9.59 Å². The molecular formula is C14H24N2O3. The molecule has 0 aromatic carbocycles. The van der Waals surface area contributed by atoms with Gasteiger partial charge in [0.1, 0.15) is 0 Å². The van der Waals surface area contributed by atoms with Gasteiger partial charge in [-0.1, -0.05) is 13.3 Å². The van der Waals surface area contributed by atoms with Crippen molar-refractivity contribution >= 4 is 11.9 Å². The van der Waals surface area contributed by atoms with Crippen LogP contribution in [0.3, 0.4) is 0 Å². The smallest absolute Gasteiger partial charge is 0.303 e. The van der Waals surface area contributed by atoms with Crippen molar-refractivity contribution in [2.75, 3.05) is 19.6 Å². The Balaban J connectivity index is 1.87. The van der Waals surface area contributed by atoms with Gasteiger partial charge < -0.3 is 15.7 Å². The van der Waals surface area contributed by atoms with E-state index in [1.54, 1.807) is 0 Å². The number of carbonyl (C=O) groups excluding carboxylic acids is 1. The quantitative estimate of drug-likeness (QED) is 0.698. The topological polar surface area (TPSA) is 78.4 Å². The maximum absolute atomic E-state index is 12.3. The summed E-state index contributed by atoms with van der Waals surface area (Å²) < 4.78 is 0. The van der Waals surface area contributed by atoms with Gasteiger partial charge in [-0.3, -0.25) is 9.59 Å². The highest BCUT2D eigenvalue weighted by Gasteiger charge is 2.41. The molecule has 1 aliphatic heterocycles. The zero-order valence-electron chi connectivity index (χ0n) is 11.6. The second kappa shape index (κ2) is 5.49. The monoisotopic (exact) mass is 268 g/mol. The van der Waals surface area contributed by atoms with Gasteiger partial charge in [0.2, 0.25) is 5.91 Å². The first-order valence-electron chi connectivity index (χ1n) is 7.17. The second-order valence-electron chi connectivity index (χ2n) is 6.42. The molecule has 0 aromatic rings. The van der Waals surface area contributed by atoms with E-state index in [4.69, 9.17) is 5.11 Å². The fraction of sp³-hybridized carbons (Fsp3) is 0.857. The van der Waals surface area contributed by atoms with E-state index in [-0.39, 0.29) is 23.2 Å². The van der Waals surface area contributed by atoms with Gasteiger partial charge in [0.25, 0.3) is 0 Å². The minimum absolute atomic E-state index is 0.0886. The molecule has 3 N–H and O–H groups in total. The number of aliphatic carboxylic acids is 1. The Bertz CT molecular complexity index is 358. The Hall–Kier alpha value is -1.10. The molecule has 2 rings (SSSR count). The molecule has 0 spiro atoms. The predicted molar refractivity (Wildman–Crippen MR) is 71.8 cm³/mol. The van der Waals surface area contributed by atoms with Crippen LogP contribution >= 0.6 is 0 Å². The lowest BCUT2D eigenvalue weighted by Gasteiger charge is -2.42. The summed E-state index contributed by atoms with van der Waals surface area (Å²) in [6.45, 7) is 4.28. The molecule has 0 aromatic heterocycles. The number of carboxylic acid groups (broad SMARTS) is 1. The molecule has 0 radical (unpaired) electrons. The number of carboxylic acids is 1. The molecule has 0 bridgehead atoms. The van der Waals surface area contributed by atoms with Crippen LogP contribution in [-0.4, -0.2) is 36.6 Å². The lowest BCUT2D eigenvalue weighted by molar-refractivity contribution is -0.142. The van der Waals surface area contributed by atoms with Crippen molar-refractivity contribution in [3.05, 3.63) is 0 Å². The number of rotatable bonds is 5. The van der Waals surface area contributed by atoms with Crippen LogP contribution in [0.15, 0.2) is 0 Å². The fourth-order valence-electron chi connectivity index (χ4n) is 3.10. The zero-order valence-corrected chi connectivity index (χ0v) is 11.6. The van der Waals surface area contributed by atoms with E-state index < -0.39 is 5.97 Å². The van der Waals surface area contributed by atoms with Gasteiger partial charge in [0.05, 0.1) is 6.42 Å². The minimum atomic E-state index is -0.762. The van der Waals surface area contributed by atoms with Crippen LogP contribution in [0.2, 0.25) is 0 Å². The molecule has 1 amide bonds. The predicted octanol–water partition coefficient (Wildman–Crippen LogP) is 1.14. The van der Waals surface area contributed by atoms with Crippen molar-refractivity contribution in [2.45, 2.75) is 45.4 Å². The van der Waals surface area contributed by atoms with E-state index >= 15 is 0 Å². The lowest BCUT2D eigenvalue weighted by atomic mass is 9.66. The highest BCUT2D eigenvalue weighted by molar-refractivity contribution is 5.82. The first-order valence-corrected chi connectivity index (χ1v) is 7.17. The molecule has 19 heavy (non-hydrogen) atoms. The summed E-state index contributed by atoms with van der Waals surface area (Å²) in [6.07, 6.45) is 4.78. The van der Waals surface area contributed by atoms with Crippen LogP contribution in [0.25, 0.3) is 0 Å². The van der Waals surface area contributed by atoms with E-state index in [1.807, 2.05) is 6.92 Å². The van der Waals surface area contributed by atoms with Crippen LogP contribution in [0.4, 0.5) is 0 Å². The van der Waals surface area contributed by atoms with Gasteiger partial charge in [0.15, 0.2) is 0 Å². The highest BCUT2D eigenvalue weighted by atomic mass is 16.4. The average molecular weight is 268 g/mol. The second-order valence-corrected chi connectivity index (χ2v) is 6.42. The average Bonchev–Trinajstić information content (AvgIpc) is 2.32. The molecule has 5 heteroatoms. The molecular weight excluding hydrogens is 244 g/mol. The zero-order chi connectivity index (χ0) is 13.9. The highest BCUT2D eigenvalue weighted by Crippen LogP contribution is 2.43. The summed E-state index contributed by atoms with van der Waals surface area (Å²) in [5, 5.41) is 15.2. The minimum Gasteiger partial charge on any atom is -0.481 e. The number of amides is 1. The van der Waals surface area contributed by atoms with Gasteiger partial charge in [-0.15, -0.1) is 0 Å². The number of hydrogen-bond donors (Lipinski definition) is 3. The Morgan fingerprint density at radius 3 is 2.32 bits per heavy atom. The van der Waals surface area contributed by atoms with E-state index in [2.05, 4.69) is 10.6 Å². The molecule has 0 unspecified atom stereocenters. The summed E-state index contributed by atoms with van der Waals surface area (Å²) in [5.74, 6) is -0.673. The Labute approximate surface area is 114 Å². The fourth-order valence-corrected chi connectivity index (χ4v) is 3.10. The van der Waals surface area contributed by atoms with E-state index in [1.165, 1.54) is 0 Å². The van der Waals surface area contributed by atoms with Crippen molar-refractivity contribution in [1.29, 1.82) is 0 Å². The van der Waals surface area contributed by atoms with Gasteiger partial charge in [0, 0.05) is 12.0 Å². The number of piperidine rings is 1. The SMILES string of the molecule is CC1(C(=O)NCC2(CC(=O)O)CCC2)CCNCC1. The molecule has 5 nitrogen and oxygen atoms in total. The number of hydrogen-bond acceptors (Lipinski definition) is 3. The normalized spacial score (nSPS) is 24.3. The Morgan fingerprint density at radius 2 is 1.84 bits per heavy atom. The molecule has 2 aliphatic rings. The third kappa shape index (κ3) is 3.26. The molecule has 1 heterocycles. The summed E-state index contributed by atoms with van der Waals surface area (Å²) in [6, 6.07) is 0. The maximum Gasteiger partial charge on any atom is 0.303 e. The molecule has 1 saturated heterocycles. The van der Waals surface area contributed by atoms with E-state index in [0.29, 0.717) is 6.54 Å². The van der Waals surface area contributed by atoms with Gasteiger partial charge in [-0.25, -0.2) is 0 Å². The van der Waals surface area contributed by atoms with Crippen molar-refractivity contribution in [1.82, 2.24) is 10.6 Å². The molecule has 108 valence electrons. The van der Waals surface area contributed by atoms with Crippen LogP contribution in [0.5, 0.6) is 0 Å². The van der Waals surface area contributed by atoms with Crippen molar-refractivity contribution in [3.63, 3.8) is 0 Å². The van der Waals surface area contributed by atoms with E-state index in [0.717, 1.165) is 45.2 Å². The first kappa shape index (κ1) is 14.3. The molecule has 1 aliphatic carbocycles. The summed E-state index contributed by atoms with van der Waals surface area (Å²) in [4.78, 5) is 23.2. The third-order valence-corrected chi connectivity index (χ3v) is 4.82. The van der Waals surface area contributed by atoms with Gasteiger partial charge in [-0.05, 0) is 44.2 Å². The number of nitrogens with one attached hydrogen (secondary N) is 2. The first-order chi connectivity index (χ1) is 8.96. The largest absolute Gasteiger partial charge is 0.481 e. The molecule has 2 fully saturated rings. The van der Waals surface area contributed by atoms with Crippen molar-refractivity contribution in [3.8, 4) is 0 Å². The van der Waals surface area contributed by atoms with Crippen LogP contribution in [0.1, 0.15) is 45.4 Å². The Morgan fingerprint density at radius 1 is 1.21 bits per heavy atom. The standard InChI is InChI=1S/C14H24N2O3/c1-13(5-7-15-8-6-13)12(19)16-10-14(3-2-4-14)9-11(17)18/h15H,2-10H2,1H3,(H,16,19)(H,17,18). The third-order valence-electron chi connectivity index (χ3n) is 4.82. The van der Waals surface area contributed by atoms with E-state index in [9.17, 15) is 9.59 Å². The Kier molecular flexibility index (Phi) is 4.13. The van der Waals surface area contributed by atoms with Crippen molar-refractivity contribution in [2.24, 2.45) is 10.8 Å². The van der Waals surface area contributed by atoms with Crippen LogP contribution < -0.4 is 10.6 Å². The summed E-state index contributed by atoms with van der Waals surface area (Å²) in [5.41, 5.74) is -0.482. The molecule has 0 atom stereocenters. The molecule has 1 saturated carbocycles. The number of carbonyl (C=O) groups is 2. The maximum atomic E-state index is 12.3.